The first-order valence-electron chi connectivity index (χ1n) is 14.9. The molecule has 7 nitrogen and oxygen atoms in total. The molecule has 1 amide bonds. The van der Waals surface area contributed by atoms with E-state index in [0.29, 0.717) is 25.1 Å². The first-order valence-corrected chi connectivity index (χ1v) is 14.9. The molecular weight excluding hydrogens is 516 g/mol. The Morgan fingerprint density at radius 3 is 2.73 bits per heavy atom. The smallest absolute Gasteiger partial charge is 0.303 e. The fourth-order valence-electron chi connectivity index (χ4n) is 8.45. The van der Waals surface area contributed by atoms with E-state index in [0.717, 1.165) is 41.8 Å². The number of piperidine rings is 1. The van der Waals surface area contributed by atoms with Gasteiger partial charge in [-0.1, -0.05) is 49.7 Å². The fourth-order valence-corrected chi connectivity index (χ4v) is 8.45. The first-order chi connectivity index (χ1) is 19.6. The third-order valence-electron chi connectivity index (χ3n) is 9.89. The van der Waals surface area contributed by atoms with Gasteiger partial charge in [0.25, 0.3) is 0 Å². The molecule has 2 fully saturated rings. The number of carbonyl (C=O) groups excluding carboxylic acids is 2. The van der Waals surface area contributed by atoms with Crippen LogP contribution >= 0.6 is 0 Å². The zero-order chi connectivity index (χ0) is 29.1. The lowest BCUT2D eigenvalue weighted by atomic mass is 9.48. The predicted octanol–water partition coefficient (Wildman–Crippen LogP) is 4.92. The summed E-state index contributed by atoms with van der Waals surface area (Å²) >= 11 is 0. The quantitative estimate of drug-likeness (QED) is 0.355. The van der Waals surface area contributed by atoms with Gasteiger partial charge in [0.1, 0.15) is 11.7 Å². The summed E-state index contributed by atoms with van der Waals surface area (Å²) in [5.74, 6) is 1.44. The molecule has 2 aliphatic carbocycles. The molecule has 2 aromatic carbocycles. The molecule has 6 rings (SSSR count). The minimum Gasteiger partial charge on any atom is -0.493 e. The van der Waals surface area contributed by atoms with Crippen LogP contribution in [-0.4, -0.2) is 72.7 Å². The van der Waals surface area contributed by atoms with Gasteiger partial charge in [-0.25, -0.2) is 0 Å². The maximum Gasteiger partial charge on any atom is 0.303 e. The maximum atomic E-state index is 14.0. The predicted molar refractivity (Wildman–Crippen MR) is 158 cm³/mol. The number of hydrogen-bond acceptors (Lipinski definition) is 6. The van der Waals surface area contributed by atoms with Crippen LogP contribution in [0, 0.1) is 12.8 Å². The molecule has 0 N–H and O–H groups in total. The van der Waals surface area contributed by atoms with Crippen LogP contribution < -0.4 is 9.47 Å². The lowest BCUT2D eigenvalue weighted by Crippen LogP contribution is -2.79. The molecule has 0 aromatic heterocycles. The average molecular weight is 559 g/mol. The van der Waals surface area contributed by atoms with Gasteiger partial charge in [0.15, 0.2) is 11.5 Å². The van der Waals surface area contributed by atoms with Gasteiger partial charge in [0, 0.05) is 25.1 Å². The second kappa shape index (κ2) is 10.2. The Bertz CT molecular complexity index is 1400. The van der Waals surface area contributed by atoms with Gasteiger partial charge in [-0.2, -0.15) is 0 Å². The molecule has 2 aliphatic heterocycles. The summed E-state index contributed by atoms with van der Waals surface area (Å²) in [6.45, 7) is 9.34. The molecule has 1 spiro atoms. The summed E-state index contributed by atoms with van der Waals surface area (Å²) in [7, 11) is 3.81. The minimum atomic E-state index is -0.735. The number of hydrogen-bond donors (Lipinski definition) is 0. The number of nitrogens with zero attached hydrogens (tertiary/aromatic N) is 2. The van der Waals surface area contributed by atoms with Crippen molar-refractivity contribution in [2.45, 2.75) is 82.6 Å². The number of amides is 1. The highest BCUT2D eigenvalue weighted by molar-refractivity contribution is 5.92. The Morgan fingerprint density at radius 1 is 1.22 bits per heavy atom. The molecule has 5 atom stereocenters. The SMILES string of the molecule is COc1ccc2c3c1O[C@H]1[C@@H](N(CC(C)C)C(=O)C=Cc4cccc(C)c4)CC[C@@]4(OC(C)=O)[C@@H](C2)N(C)CC[C@]314. The third-order valence-corrected chi connectivity index (χ3v) is 9.89. The number of carbonyl (C=O) groups is 2. The van der Waals surface area contributed by atoms with Crippen LogP contribution in [0.3, 0.4) is 0 Å². The Kier molecular flexibility index (Phi) is 6.92. The monoisotopic (exact) mass is 558 g/mol. The number of ether oxygens (including phenoxy) is 3. The average Bonchev–Trinajstić information content (AvgIpc) is 3.28. The van der Waals surface area contributed by atoms with Gasteiger partial charge in [-0.05, 0) is 75.4 Å². The van der Waals surface area contributed by atoms with E-state index < -0.39 is 11.0 Å². The van der Waals surface area contributed by atoms with Crippen LogP contribution in [0.15, 0.2) is 42.5 Å². The number of benzene rings is 2. The van der Waals surface area contributed by atoms with Crippen molar-refractivity contribution in [2.75, 3.05) is 27.2 Å². The van der Waals surface area contributed by atoms with E-state index in [2.05, 4.69) is 50.9 Å². The van der Waals surface area contributed by atoms with Gasteiger partial charge in [-0.3, -0.25) is 14.5 Å². The van der Waals surface area contributed by atoms with Crippen molar-refractivity contribution in [3.8, 4) is 11.5 Å². The summed E-state index contributed by atoms with van der Waals surface area (Å²) in [6, 6.07) is 12.2. The summed E-state index contributed by atoms with van der Waals surface area (Å²) in [6.07, 6.45) is 6.18. The number of rotatable bonds is 7. The Hall–Kier alpha value is -3.32. The summed E-state index contributed by atoms with van der Waals surface area (Å²) in [5, 5.41) is 0. The standard InChI is InChI=1S/C34H42N2O5/c1-21(2)20-36(29(38)13-10-24-9-7-8-22(3)18-24)26-14-15-34(41-23(4)37)28-19-25-11-12-27(39-6)31-30(25)33(34,32(26)40-31)16-17-35(28)5/h7-13,18,21,26,28,32H,14-17,19-20H2,1-6H3/t26-,28+,32-,33-,34+/m0/s1. The van der Waals surface area contributed by atoms with Crippen LogP contribution in [0.4, 0.5) is 0 Å². The Balaban J connectivity index is 1.47. The molecule has 0 unspecified atom stereocenters. The maximum absolute atomic E-state index is 14.0. The van der Waals surface area contributed by atoms with Crippen LogP contribution in [0.5, 0.6) is 11.5 Å². The zero-order valence-electron chi connectivity index (χ0n) is 25.1. The fraction of sp³-hybridized carbons (Fsp3) is 0.529. The molecule has 2 heterocycles. The van der Waals surface area contributed by atoms with Crippen molar-refractivity contribution in [1.82, 2.24) is 9.80 Å². The second-order valence-corrected chi connectivity index (χ2v) is 12.8. The molecule has 1 saturated heterocycles. The van der Waals surface area contributed by atoms with E-state index in [9.17, 15) is 9.59 Å². The lowest BCUT2D eigenvalue weighted by Gasteiger charge is -2.65. The first kappa shape index (κ1) is 27.8. The molecule has 0 radical (unpaired) electrons. The lowest BCUT2D eigenvalue weighted by molar-refractivity contribution is -0.221. The normalized spacial score (nSPS) is 29.7. The minimum absolute atomic E-state index is 0.0198. The third kappa shape index (κ3) is 4.18. The summed E-state index contributed by atoms with van der Waals surface area (Å²) < 4.78 is 19.3. The van der Waals surface area contributed by atoms with Crippen LogP contribution in [-0.2, 0) is 26.2 Å². The topological polar surface area (TPSA) is 68.3 Å². The second-order valence-electron chi connectivity index (χ2n) is 12.8. The van der Waals surface area contributed by atoms with Crippen LogP contribution in [0.1, 0.15) is 62.3 Å². The van der Waals surface area contributed by atoms with Crippen molar-refractivity contribution in [1.29, 1.82) is 0 Å². The van der Waals surface area contributed by atoms with Gasteiger partial charge >= 0.3 is 5.97 Å². The number of esters is 1. The highest BCUT2D eigenvalue weighted by atomic mass is 16.6. The van der Waals surface area contributed by atoms with E-state index in [4.69, 9.17) is 14.2 Å². The van der Waals surface area contributed by atoms with Crippen molar-refractivity contribution in [2.24, 2.45) is 5.92 Å². The van der Waals surface area contributed by atoms with Gasteiger partial charge in [0.05, 0.1) is 24.6 Å². The molecule has 4 aliphatic rings. The van der Waals surface area contributed by atoms with Crippen LogP contribution in [0.2, 0.25) is 0 Å². The van der Waals surface area contributed by atoms with Gasteiger partial charge < -0.3 is 19.1 Å². The molecule has 2 bridgehead atoms. The zero-order valence-corrected chi connectivity index (χ0v) is 25.1. The van der Waals surface area contributed by atoms with Crippen molar-refractivity contribution >= 4 is 18.0 Å². The van der Waals surface area contributed by atoms with E-state index in [1.807, 2.05) is 29.2 Å². The molecule has 1 saturated carbocycles. The van der Waals surface area contributed by atoms with E-state index in [-0.39, 0.29) is 36.0 Å². The summed E-state index contributed by atoms with van der Waals surface area (Å²) in [5.41, 5.74) is 3.22. The molecular formula is C34H42N2O5. The number of methoxy groups -OCH3 is 1. The molecule has 218 valence electrons. The van der Waals surface area contributed by atoms with Gasteiger partial charge in [-0.15, -0.1) is 0 Å². The van der Waals surface area contributed by atoms with Crippen molar-refractivity contribution < 1.29 is 23.8 Å². The van der Waals surface area contributed by atoms with E-state index in [1.54, 1.807) is 13.2 Å². The highest BCUT2D eigenvalue weighted by Crippen LogP contribution is 2.67. The largest absolute Gasteiger partial charge is 0.493 e. The molecule has 2 aromatic rings. The van der Waals surface area contributed by atoms with E-state index >= 15 is 0 Å². The van der Waals surface area contributed by atoms with Gasteiger partial charge in [0.2, 0.25) is 5.91 Å². The molecule has 41 heavy (non-hydrogen) atoms. The van der Waals surface area contributed by atoms with Crippen LogP contribution in [0.25, 0.3) is 6.08 Å². The Labute approximate surface area is 243 Å². The number of likely N-dealkylation sites (tertiary alicyclic amines) is 1. The number of likely N-dealkylation sites (N-methyl/N-ethyl adjacent to an activating group) is 1. The van der Waals surface area contributed by atoms with Crippen molar-refractivity contribution in [3.05, 3.63) is 64.7 Å². The van der Waals surface area contributed by atoms with E-state index in [1.165, 1.54) is 12.5 Å². The molecule has 7 heteroatoms. The Morgan fingerprint density at radius 2 is 2.02 bits per heavy atom. The highest BCUT2D eigenvalue weighted by Gasteiger charge is 2.75. The number of aryl methyl sites for hydroxylation is 1. The van der Waals surface area contributed by atoms with Crippen molar-refractivity contribution in [3.63, 3.8) is 0 Å². The summed E-state index contributed by atoms with van der Waals surface area (Å²) in [4.78, 5) is 31.2.